The zero-order chi connectivity index (χ0) is 15.7. The molecular formula is C16H23FN2O2. The van der Waals surface area contributed by atoms with Gasteiger partial charge in [-0.2, -0.15) is 0 Å². The maximum Gasteiger partial charge on any atom is 0.243 e. The van der Waals surface area contributed by atoms with E-state index in [0.717, 1.165) is 25.7 Å². The van der Waals surface area contributed by atoms with Crippen LogP contribution in [0.3, 0.4) is 0 Å². The molecule has 1 aromatic rings. The van der Waals surface area contributed by atoms with Crippen molar-refractivity contribution in [3.05, 3.63) is 30.1 Å². The molecule has 2 amide bonds. The third kappa shape index (κ3) is 6.38. The molecule has 0 saturated heterocycles. The number of amides is 2. The Morgan fingerprint density at radius 2 is 1.86 bits per heavy atom. The number of hydrogen-bond donors (Lipinski definition) is 2. The van der Waals surface area contributed by atoms with Crippen molar-refractivity contribution in [3.63, 3.8) is 0 Å². The summed E-state index contributed by atoms with van der Waals surface area (Å²) < 4.78 is 12.7. The molecule has 5 heteroatoms. The van der Waals surface area contributed by atoms with E-state index in [1.54, 1.807) is 0 Å². The van der Waals surface area contributed by atoms with E-state index in [1.165, 1.54) is 24.3 Å². The molecule has 21 heavy (non-hydrogen) atoms. The van der Waals surface area contributed by atoms with Crippen molar-refractivity contribution < 1.29 is 14.0 Å². The lowest BCUT2D eigenvalue weighted by Gasteiger charge is -2.14. The van der Waals surface area contributed by atoms with Gasteiger partial charge in [0.05, 0.1) is 6.54 Å². The Kier molecular flexibility index (Phi) is 7.43. The average molecular weight is 294 g/mol. The van der Waals surface area contributed by atoms with Gasteiger partial charge in [0.25, 0.3) is 0 Å². The van der Waals surface area contributed by atoms with Gasteiger partial charge in [-0.05, 0) is 37.1 Å². The molecule has 0 spiro atoms. The van der Waals surface area contributed by atoms with Gasteiger partial charge in [-0.3, -0.25) is 9.59 Å². The van der Waals surface area contributed by atoms with Gasteiger partial charge in [0, 0.05) is 11.6 Å². The van der Waals surface area contributed by atoms with E-state index >= 15 is 0 Å². The summed E-state index contributed by atoms with van der Waals surface area (Å²) in [6, 6.07) is 5.49. The van der Waals surface area contributed by atoms with E-state index in [1.807, 2.05) is 6.92 Å². The van der Waals surface area contributed by atoms with E-state index in [0.29, 0.717) is 5.69 Å². The van der Waals surface area contributed by atoms with Gasteiger partial charge in [-0.1, -0.05) is 26.7 Å². The van der Waals surface area contributed by atoms with Crippen molar-refractivity contribution in [2.45, 2.75) is 39.5 Å². The smallest absolute Gasteiger partial charge is 0.243 e. The van der Waals surface area contributed by atoms with E-state index in [4.69, 9.17) is 0 Å². The summed E-state index contributed by atoms with van der Waals surface area (Å²) >= 11 is 0. The van der Waals surface area contributed by atoms with Crippen LogP contribution in [0.2, 0.25) is 0 Å². The van der Waals surface area contributed by atoms with E-state index in [2.05, 4.69) is 17.6 Å². The second-order valence-corrected chi connectivity index (χ2v) is 5.02. The van der Waals surface area contributed by atoms with Crippen molar-refractivity contribution in [1.82, 2.24) is 5.32 Å². The summed E-state index contributed by atoms with van der Waals surface area (Å²) in [5.41, 5.74) is 0.508. The van der Waals surface area contributed by atoms with Crippen LogP contribution in [0.25, 0.3) is 0 Å². The fraction of sp³-hybridized carbons (Fsp3) is 0.500. The standard InChI is InChI=1S/C16H23FN2O2/c1-3-5-6-12(4-2)16(21)18-11-15(20)19-14-9-7-13(17)8-10-14/h7-10,12H,3-6,11H2,1-2H3,(H,18,21)(H,19,20)/t12-/m1/s1. The number of nitrogens with one attached hydrogen (secondary N) is 2. The Hall–Kier alpha value is -1.91. The highest BCUT2D eigenvalue weighted by Crippen LogP contribution is 2.12. The number of carbonyl (C=O) groups is 2. The van der Waals surface area contributed by atoms with E-state index in [-0.39, 0.29) is 30.1 Å². The molecule has 0 heterocycles. The van der Waals surface area contributed by atoms with Crippen molar-refractivity contribution in [2.75, 3.05) is 11.9 Å². The Morgan fingerprint density at radius 1 is 1.19 bits per heavy atom. The highest BCUT2D eigenvalue weighted by atomic mass is 19.1. The Labute approximate surface area is 125 Å². The molecule has 1 atom stereocenters. The molecule has 116 valence electrons. The summed E-state index contributed by atoms with van der Waals surface area (Å²) in [7, 11) is 0. The summed E-state index contributed by atoms with van der Waals surface area (Å²) in [4.78, 5) is 23.6. The number of benzene rings is 1. The quantitative estimate of drug-likeness (QED) is 0.774. The van der Waals surface area contributed by atoms with Crippen LogP contribution in [0.15, 0.2) is 24.3 Å². The van der Waals surface area contributed by atoms with Gasteiger partial charge in [0.1, 0.15) is 5.82 Å². The van der Waals surface area contributed by atoms with Crippen LogP contribution in [0.1, 0.15) is 39.5 Å². The number of halogens is 1. The molecule has 0 saturated carbocycles. The Balaban J connectivity index is 2.37. The van der Waals surface area contributed by atoms with Crippen LogP contribution in [0, 0.1) is 11.7 Å². The highest BCUT2D eigenvalue weighted by Gasteiger charge is 2.16. The lowest BCUT2D eigenvalue weighted by Crippen LogP contribution is -2.36. The molecule has 2 N–H and O–H groups in total. The largest absolute Gasteiger partial charge is 0.347 e. The first-order chi connectivity index (χ1) is 10.1. The average Bonchev–Trinajstić information content (AvgIpc) is 2.48. The Bertz CT molecular complexity index is 460. The molecule has 1 rings (SSSR count). The van der Waals surface area contributed by atoms with Crippen molar-refractivity contribution >= 4 is 17.5 Å². The predicted molar refractivity (Wildman–Crippen MR) is 81.3 cm³/mol. The van der Waals surface area contributed by atoms with Crippen molar-refractivity contribution in [3.8, 4) is 0 Å². The monoisotopic (exact) mass is 294 g/mol. The number of rotatable bonds is 8. The maximum absolute atomic E-state index is 12.7. The fourth-order valence-electron chi connectivity index (χ4n) is 2.02. The SMILES string of the molecule is CCCC[C@@H](CC)C(=O)NCC(=O)Nc1ccc(F)cc1. The summed E-state index contributed by atoms with van der Waals surface area (Å²) in [5.74, 6) is -0.799. The zero-order valence-corrected chi connectivity index (χ0v) is 12.6. The second kappa shape index (κ2) is 9.10. The van der Waals surface area contributed by atoms with Gasteiger partial charge >= 0.3 is 0 Å². The summed E-state index contributed by atoms with van der Waals surface area (Å²) in [5, 5.41) is 5.25. The maximum atomic E-state index is 12.7. The van der Waals surface area contributed by atoms with Gasteiger partial charge in [-0.25, -0.2) is 4.39 Å². The molecule has 0 aliphatic heterocycles. The van der Waals surface area contributed by atoms with E-state index in [9.17, 15) is 14.0 Å². The fourth-order valence-corrected chi connectivity index (χ4v) is 2.02. The molecule has 0 aliphatic rings. The molecule has 0 aromatic heterocycles. The Morgan fingerprint density at radius 3 is 2.43 bits per heavy atom. The van der Waals surface area contributed by atoms with Crippen molar-refractivity contribution in [1.29, 1.82) is 0 Å². The lowest BCUT2D eigenvalue weighted by molar-refractivity contribution is -0.127. The minimum absolute atomic E-state index is 0.0384. The molecule has 0 aliphatic carbocycles. The number of unbranched alkanes of at least 4 members (excludes halogenated alkanes) is 1. The first-order valence-electron chi connectivity index (χ1n) is 7.40. The van der Waals surface area contributed by atoms with Crippen LogP contribution in [-0.2, 0) is 9.59 Å². The molecule has 0 bridgehead atoms. The minimum atomic E-state index is -0.358. The molecular weight excluding hydrogens is 271 g/mol. The third-order valence-electron chi connectivity index (χ3n) is 3.32. The highest BCUT2D eigenvalue weighted by molar-refractivity contribution is 5.94. The lowest BCUT2D eigenvalue weighted by atomic mass is 9.98. The minimum Gasteiger partial charge on any atom is -0.347 e. The number of hydrogen-bond acceptors (Lipinski definition) is 2. The predicted octanol–water partition coefficient (Wildman–Crippen LogP) is 3.10. The van der Waals surface area contributed by atoms with Crippen LogP contribution in [-0.4, -0.2) is 18.4 Å². The zero-order valence-electron chi connectivity index (χ0n) is 12.6. The molecule has 0 unspecified atom stereocenters. The summed E-state index contributed by atoms with van der Waals surface area (Å²) in [6.07, 6.45) is 3.67. The van der Waals surface area contributed by atoms with E-state index < -0.39 is 0 Å². The van der Waals surface area contributed by atoms with Gasteiger partial charge in [0.15, 0.2) is 0 Å². The van der Waals surface area contributed by atoms with Gasteiger partial charge in [-0.15, -0.1) is 0 Å². The van der Waals surface area contributed by atoms with Crippen LogP contribution < -0.4 is 10.6 Å². The number of carbonyl (C=O) groups excluding carboxylic acids is 2. The van der Waals surface area contributed by atoms with Crippen LogP contribution in [0.4, 0.5) is 10.1 Å². The molecule has 0 fully saturated rings. The van der Waals surface area contributed by atoms with Crippen LogP contribution >= 0.6 is 0 Å². The molecule has 4 nitrogen and oxygen atoms in total. The molecule has 0 radical (unpaired) electrons. The normalized spacial score (nSPS) is 11.8. The first-order valence-corrected chi connectivity index (χ1v) is 7.40. The molecule has 1 aromatic carbocycles. The van der Waals surface area contributed by atoms with Gasteiger partial charge < -0.3 is 10.6 Å². The summed E-state index contributed by atoms with van der Waals surface area (Å²) in [6.45, 7) is 3.98. The van der Waals surface area contributed by atoms with Crippen LogP contribution in [0.5, 0.6) is 0 Å². The topological polar surface area (TPSA) is 58.2 Å². The second-order valence-electron chi connectivity index (χ2n) is 5.02. The third-order valence-corrected chi connectivity index (χ3v) is 3.32. The number of anilines is 1. The van der Waals surface area contributed by atoms with Crippen molar-refractivity contribution in [2.24, 2.45) is 5.92 Å². The first kappa shape index (κ1) is 17.1. The van der Waals surface area contributed by atoms with Gasteiger partial charge in [0.2, 0.25) is 11.8 Å².